The molecule has 1 atom stereocenters. The van der Waals surface area contributed by atoms with E-state index in [4.69, 9.17) is 0 Å². The van der Waals surface area contributed by atoms with Crippen molar-refractivity contribution in [3.63, 3.8) is 0 Å². The van der Waals surface area contributed by atoms with Crippen molar-refractivity contribution in [2.24, 2.45) is 0 Å². The lowest BCUT2D eigenvalue weighted by Gasteiger charge is -2.12. The third kappa shape index (κ3) is 2.28. The average molecular weight is 213 g/mol. The van der Waals surface area contributed by atoms with Crippen molar-refractivity contribution in [2.45, 2.75) is 20.0 Å². The second-order valence-corrected chi connectivity index (χ2v) is 4.10. The molecule has 0 radical (unpaired) electrons. The molecule has 0 aliphatic heterocycles. The van der Waals surface area contributed by atoms with Crippen molar-refractivity contribution in [3.05, 3.63) is 65.0 Å². The van der Waals surface area contributed by atoms with E-state index in [0.717, 1.165) is 11.1 Å². The van der Waals surface area contributed by atoms with Crippen LogP contribution in [0.4, 0.5) is 0 Å². The van der Waals surface area contributed by atoms with Crippen molar-refractivity contribution < 1.29 is 5.11 Å². The Bertz CT molecular complexity index is 459. The van der Waals surface area contributed by atoms with Gasteiger partial charge >= 0.3 is 0 Å². The quantitative estimate of drug-likeness (QED) is 0.832. The number of aliphatic hydroxyl groups is 1. The number of aliphatic hydroxyl groups excluding tert-OH is 1. The molecular weight excluding hydrogens is 198 g/mol. The van der Waals surface area contributed by atoms with Gasteiger partial charge in [0.2, 0.25) is 0 Å². The number of pyridine rings is 1. The van der Waals surface area contributed by atoms with E-state index >= 15 is 0 Å². The molecule has 2 nitrogen and oxygen atoms in total. The van der Waals surface area contributed by atoms with Gasteiger partial charge in [0.1, 0.15) is 6.10 Å². The van der Waals surface area contributed by atoms with E-state index in [1.165, 1.54) is 11.1 Å². The molecule has 0 amide bonds. The van der Waals surface area contributed by atoms with Crippen LogP contribution in [-0.2, 0) is 0 Å². The van der Waals surface area contributed by atoms with E-state index in [1.54, 1.807) is 12.4 Å². The standard InChI is InChI=1S/C14H15NO/c1-10-7-11(2)9-13(8-10)14(16)12-3-5-15-6-4-12/h3-9,14,16H,1-2H3. The minimum absolute atomic E-state index is 0.568. The summed E-state index contributed by atoms with van der Waals surface area (Å²) in [6, 6.07) is 9.80. The van der Waals surface area contributed by atoms with Crippen LogP contribution in [0.3, 0.4) is 0 Å². The molecule has 2 rings (SSSR count). The summed E-state index contributed by atoms with van der Waals surface area (Å²) in [4.78, 5) is 3.95. The Morgan fingerprint density at radius 3 is 2.06 bits per heavy atom. The molecule has 82 valence electrons. The third-order valence-electron chi connectivity index (χ3n) is 2.58. The van der Waals surface area contributed by atoms with E-state index in [9.17, 15) is 5.11 Å². The molecule has 0 spiro atoms. The number of aromatic nitrogens is 1. The zero-order valence-corrected chi connectivity index (χ0v) is 9.51. The zero-order chi connectivity index (χ0) is 11.5. The molecule has 2 heteroatoms. The van der Waals surface area contributed by atoms with Crippen LogP contribution in [-0.4, -0.2) is 10.1 Å². The maximum Gasteiger partial charge on any atom is 0.104 e. The molecule has 1 aromatic carbocycles. The summed E-state index contributed by atoms with van der Waals surface area (Å²) in [5.41, 5.74) is 4.15. The van der Waals surface area contributed by atoms with Crippen LogP contribution in [0.15, 0.2) is 42.7 Å². The highest BCUT2D eigenvalue weighted by Crippen LogP contribution is 2.23. The second kappa shape index (κ2) is 4.45. The smallest absolute Gasteiger partial charge is 0.104 e. The Labute approximate surface area is 95.6 Å². The van der Waals surface area contributed by atoms with Gasteiger partial charge in [-0.2, -0.15) is 0 Å². The van der Waals surface area contributed by atoms with E-state index in [1.807, 2.05) is 38.1 Å². The van der Waals surface area contributed by atoms with Crippen LogP contribution in [0.25, 0.3) is 0 Å². The Balaban J connectivity index is 2.37. The summed E-state index contributed by atoms with van der Waals surface area (Å²) >= 11 is 0. The summed E-state index contributed by atoms with van der Waals surface area (Å²) in [5, 5.41) is 10.2. The van der Waals surface area contributed by atoms with E-state index in [0.29, 0.717) is 0 Å². The molecule has 1 unspecified atom stereocenters. The maximum absolute atomic E-state index is 10.2. The number of benzene rings is 1. The van der Waals surface area contributed by atoms with Crippen molar-refractivity contribution in [2.75, 3.05) is 0 Å². The Kier molecular flexibility index (Phi) is 3.02. The van der Waals surface area contributed by atoms with Crippen LogP contribution < -0.4 is 0 Å². The minimum Gasteiger partial charge on any atom is -0.384 e. The summed E-state index contributed by atoms with van der Waals surface area (Å²) < 4.78 is 0. The second-order valence-electron chi connectivity index (χ2n) is 4.10. The number of hydrogen-bond acceptors (Lipinski definition) is 2. The van der Waals surface area contributed by atoms with Crippen molar-refractivity contribution in [3.8, 4) is 0 Å². The molecule has 0 aliphatic rings. The monoisotopic (exact) mass is 213 g/mol. The third-order valence-corrected chi connectivity index (χ3v) is 2.58. The lowest BCUT2D eigenvalue weighted by Crippen LogP contribution is -2.00. The molecule has 0 saturated heterocycles. The first kappa shape index (κ1) is 10.8. The van der Waals surface area contributed by atoms with Crippen LogP contribution in [0.1, 0.15) is 28.4 Å². The van der Waals surface area contributed by atoms with Gasteiger partial charge in [0.15, 0.2) is 0 Å². The normalized spacial score (nSPS) is 12.4. The lowest BCUT2D eigenvalue weighted by molar-refractivity contribution is 0.220. The van der Waals surface area contributed by atoms with Gasteiger partial charge < -0.3 is 5.11 Å². The summed E-state index contributed by atoms with van der Waals surface area (Å²) in [5.74, 6) is 0. The molecule has 0 bridgehead atoms. The van der Waals surface area contributed by atoms with Crippen molar-refractivity contribution >= 4 is 0 Å². The predicted molar refractivity (Wildman–Crippen MR) is 64.2 cm³/mol. The van der Waals surface area contributed by atoms with E-state index < -0.39 is 6.10 Å². The molecule has 0 saturated carbocycles. The van der Waals surface area contributed by atoms with Crippen molar-refractivity contribution in [1.82, 2.24) is 4.98 Å². The SMILES string of the molecule is Cc1cc(C)cc(C(O)c2ccncc2)c1. The first-order valence-corrected chi connectivity index (χ1v) is 5.33. The molecule has 1 heterocycles. The summed E-state index contributed by atoms with van der Waals surface area (Å²) in [7, 11) is 0. The molecule has 1 N–H and O–H groups in total. The molecule has 1 aromatic heterocycles. The number of nitrogens with zero attached hydrogens (tertiary/aromatic N) is 1. The largest absolute Gasteiger partial charge is 0.384 e. The highest BCUT2D eigenvalue weighted by Gasteiger charge is 2.10. The molecule has 0 aliphatic carbocycles. The number of aryl methyl sites for hydroxylation is 2. The van der Waals surface area contributed by atoms with Gasteiger partial charge in [-0.3, -0.25) is 4.98 Å². The lowest BCUT2D eigenvalue weighted by atomic mass is 9.99. The Morgan fingerprint density at radius 2 is 1.50 bits per heavy atom. The van der Waals surface area contributed by atoms with Gasteiger partial charge in [-0.1, -0.05) is 29.3 Å². The topological polar surface area (TPSA) is 33.1 Å². The molecule has 0 fully saturated rings. The fourth-order valence-electron chi connectivity index (χ4n) is 1.91. The first-order chi connectivity index (χ1) is 7.66. The van der Waals surface area contributed by atoms with Gasteiger partial charge in [-0.05, 0) is 37.1 Å². The highest BCUT2D eigenvalue weighted by atomic mass is 16.3. The van der Waals surface area contributed by atoms with E-state index in [2.05, 4.69) is 11.1 Å². The Hall–Kier alpha value is -1.67. The molecule has 2 aromatic rings. The number of rotatable bonds is 2. The Morgan fingerprint density at radius 1 is 0.938 bits per heavy atom. The van der Waals surface area contributed by atoms with Crippen LogP contribution in [0.2, 0.25) is 0 Å². The average Bonchev–Trinajstić information content (AvgIpc) is 2.28. The van der Waals surface area contributed by atoms with Gasteiger partial charge in [-0.15, -0.1) is 0 Å². The minimum atomic E-state index is -0.568. The van der Waals surface area contributed by atoms with Gasteiger partial charge in [0.05, 0.1) is 0 Å². The zero-order valence-electron chi connectivity index (χ0n) is 9.51. The predicted octanol–water partition coefficient (Wildman–Crippen LogP) is 2.78. The van der Waals surface area contributed by atoms with Gasteiger partial charge in [-0.25, -0.2) is 0 Å². The van der Waals surface area contributed by atoms with Gasteiger partial charge in [0.25, 0.3) is 0 Å². The fourth-order valence-corrected chi connectivity index (χ4v) is 1.91. The maximum atomic E-state index is 10.2. The van der Waals surface area contributed by atoms with Crippen LogP contribution >= 0.6 is 0 Å². The summed E-state index contributed by atoms with van der Waals surface area (Å²) in [6.45, 7) is 4.07. The fraction of sp³-hybridized carbons (Fsp3) is 0.214. The van der Waals surface area contributed by atoms with Crippen LogP contribution in [0.5, 0.6) is 0 Å². The number of hydrogen-bond donors (Lipinski definition) is 1. The highest BCUT2D eigenvalue weighted by molar-refractivity contribution is 5.34. The van der Waals surface area contributed by atoms with Gasteiger partial charge in [0, 0.05) is 12.4 Å². The van der Waals surface area contributed by atoms with Crippen molar-refractivity contribution in [1.29, 1.82) is 0 Å². The first-order valence-electron chi connectivity index (χ1n) is 5.33. The van der Waals surface area contributed by atoms with Crippen LogP contribution in [0, 0.1) is 13.8 Å². The molecule has 16 heavy (non-hydrogen) atoms. The summed E-state index contributed by atoms with van der Waals surface area (Å²) in [6.07, 6.45) is 2.82. The van der Waals surface area contributed by atoms with E-state index in [-0.39, 0.29) is 0 Å². The molecular formula is C14H15NO.